The maximum absolute atomic E-state index is 5.98. The summed E-state index contributed by atoms with van der Waals surface area (Å²) in [5.41, 5.74) is 9.72. The zero-order valence-electron chi connectivity index (χ0n) is 8.34. The number of thiophene rings is 3. The number of hydrogen-bond acceptors (Lipinski definition) is 4. The van der Waals surface area contributed by atoms with Crippen LogP contribution in [0, 0.1) is 0 Å². The molecule has 2 N–H and O–H groups in total. The average molecular weight is 263 g/mol. The zero-order chi connectivity index (χ0) is 11.0. The second-order valence-corrected chi connectivity index (χ2v) is 6.02. The third kappa shape index (κ3) is 1.59. The van der Waals surface area contributed by atoms with E-state index >= 15 is 0 Å². The van der Waals surface area contributed by atoms with E-state index in [1.165, 1.54) is 21.6 Å². The highest BCUT2D eigenvalue weighted by Crippen LogP contribution is 2.41. The second-order valence-electron chi connectivity index (χ2n) is 3.37. The van der Waals surface area contributed by atoms with Crippen LogP contribution >= 0.6 is 34.0 Å². The van der Waals surface area contributed by atoms with Crippen molar-refractivity contribution in [3.05, 3.63) is 39.7 Å². The van der Waals surface area contributed by atoms with Crippen molar-refractivity contribution in [2.75, 3.05) is 5.73 Å². The lowest BCUT2D eigenvalue weighted by Crippen LogP contribution is -1.82. The average Bonchev–Trinajstić information content (AvgIpc) is 2.95. The Kier molecular flexibility index (Phi) is 2.55. The van der Waals surface area contributed by atoms with Gasteiger partial charge in [-0.2, -0.15) is 11.3 Å². The van der Waals surface area contributed by atoms with E-state index in [2.05, 4.69) is 34.3 Å². The van der Waals surface area contributed by atoms with Crippen LogP contribution in [0.5, 0.6) is 0 Å². The van der Waals surface area contributed by atoms with Crippen LogP contribution in [-0.2, 0) is 0 Å². The van der Waals surface area contributed by atoms with Crippen molar-refractivity contribution in [1.29, 1.82) is 0 Å². The molecule has 0 aliphatic carbocycles. The molecular weight excluding hydrogens is 254 g/mol. The molecule has 0 amide bonds. The molecule has 16 heavy (non-hydrogen) atoms. The topological polar surface area (TPSA) is 26.0 Å². The minimum Gasteiger partial charge on any atom is -0.390 e. The van der Waals surface area contributed by atoms with Gasteiger partial charge in [0.2, 0.25) is 0 Å². The lowest BCUT2D eigenvalue weighted by atomic mass is 10.1. The normalized spacial score (nSPS) is 10.8. The van der Waals surface area contributed by atoms with Gasteiger partial charge in [-0.3, -0.25) is 0 Å². The quantitative estimate of drug-likeness (QED) is 0.707. The zero-order valence-corrected chi connectivity index (χ0v) is 10.8. The van der Waals surface area contributed by atoms with E-state index in [9.17, 15) is 0 Å². The van der Waals surface area contributed by atoms with Gasteiger partial charge in [0.25, 0.3) is 0 Å². The van der Waals surface area contributed by atoms with Gasteiger partial charge in [-0.05, 0) is 45.3 Å². The van der Waals surface area contributed by atoms with Crippen molar-refractivity contribution in [3.63, 3.8) is 0 Å². The van der Waals surface area contributed by atoms with Gasteiger partial charge in [0.15, 0.2) is 0 Å². The summed E-state index contributed by atoms with van der Waals surface area (Å²) >= 11 is 5.07. The Balaban J connectivity index is 2.17. The number of anilines is 1. The van der Waals surface area contributed by atoms with Gasteiger partial charge >= 0.3 is 0 Å². The van der Waals surface area contributed by atoms with Crippen LogP contribution in [0.2, 0.25) is 0 Å². The number of nitrogens with two attached hydrogens (primary N) is 1. The van der Waals surface area contributed by atoms with Crippen molar-refractivity contribution in [1.82, 2.24) is 0 Å². The molecule has 3 aromatic rings. The monoisotopic (exact) mass is 263 g/mol. The summed E-state index contributed by atoms with van der Waals surface area (Å²) in [6, 6.07) is 6.42. The molecular formula is C12H9NS3. The number of rotatable bonds is 2. The Morgan fingerprint density at radius 1 is 0.875 bits per heavy atom. The summed E-state index contributed by atoms with van der Waals surface area (Å²) in [6.45, 7) is 0. The summed E-state index contributed by atoms with van der Waals surface area (Å²) in [6.07, 6.45) is 0. The molecule has 0 aromatic carbocycles. The molecule has 0 aliphatic heterocycles. The first-order chi connectivity index (χ1) is 7.86. The summed E-state index contributed by atoms with van der Waals surface area (Å²) < 4.78 is 0. The van der Waals surface area contributed by atoms with Crippen molar-refractivity contribution >= 4 is 39.0 Å². The van der Waals surface area contributed by atoms with Gasteiger partial charge in [-0.1, -0.05) is 0 Å². The highest BCUT2D eigenvalue weighted by molar-refractivity contribution is 7.17. The molecule has 0 bridgehead atoms. The molecule has 0 unspecified atom stereocenters. The Hall–Kier alpha value is -1.10. The van der Waals surface area contributed by atoms with Gasteiger partial charge in [-0.15, -0.1) is 22.7 Å². The Labute approximate surface area is 106 Å². The van der Waals surface area contributed by atoms with Gasteiger partial charge in [0, 0.05) is 16.0 Å². The van der Waals surface area contributed by atoms with Crippen molar-refractivity contribution < 1.29 is 0 Å². The smallest absolute Gasteiger partial charge is 0.0944 e. The predicted molar refractivity (Wildman–Crippen MR) is 75.4 cm³/mol. The van der Waals surface area contributed by atoms with Crippen LogP contribution in [-0.4, -0.2) is 0 Å². The molecule has 4 heteroatoms. The highest BCUT2D eigenvalue weighted by Gasteiger charge is 2.12. The van der Waals surface area contributed by atoms with Crippen molar-refractivity contribution in [3.8, 4) is 21.6 Å². The Bertz CT molecular complexity index is 589. The summed E-state index contributed by atoms with van der Waals surface area (Å²) in [7, 11) is 0. The van der Waals surface area contributed by atoms with E-state index in [0.717, 1.165) is 5.00 Å². The lowest BCUT2D eigenvalue weighted by Gasteiger charge is -2.00. The van der Waals surface area contributed by atoms with E-state index in [1.54, 1.807) is 34.0 Å². The van der Waals surface area contributed by atoms with E-state index in [0.29, 0.717) is 0 Å². The number of nitrogen functional groups attached to an aromatic ring is 1. The van der Waals surface area contributed by atoms with E-state index in [4.69, 9.17) is 5.73 Å². The fraction of sp³-hybridized carbons (Fsp3) is 0. The molecule has 1 nitrogen and oxygen atoms in total. The molecule has 0 saturated heterocycles. The van der Waals surface area contributed by atoms with Crippen molar-refractivity contribution in [2.45, 2.75) is 0 Å². The fourth-order valence-electron chi connectivity index (χ4n) is 1.67. The first-order valence-electron chi connectivity index (χ1n) is 4.79. The first-order valence-corrected chi connectivity index (χ1v) is 7.50. The van der Waals surface area contributed by atoms with Crippen LogP contribution in [0.4, 0.5) is 5.00 Å². The molecule has 0 atom stereocenters. The third-order valence-electron chi connectivity index (χ3n) is 2.44. The molecule has 0 fully saturated rings. The molecule has 0 spiro atoms. The Morgan fingerprint density at radius 2 is 1.69 bits per heavy atom. The predicted octanol–water partition coefficient (Wildman–Crippen LogP) is 4.79. The van der Waals surface area contributed by atoms with Gasteiger partial charge < -0.3 is 5.73 Å². The van der Waals surface area contributed by atoms with Crippen LogP contribution in [0.15, 0.2) is 39.7 Å². The maximum Gasteiger partial charge on any atom is 0.0944 e. The summed E-state index contributed by atoms with van der Waals surface area (Å²) in [5.74, 6) is 0. The standard InChI is InChI=1S/C12H9NS3/c13-12-10(3-6-16-12)11-9(2-5-15-11)8-1-4-14-7-8/h1-7H,13H2. The van der Waals surface area contributed by atoms with Gasteiger partial charge in [0.1, 0.15) is 0 Å². The maximum atomic E-state index is 5.98. The van der Waals surface area contributed by atoms with Crippen LogP contribution in [0.3, 0.4) is 0 Å². The molecule has 0 radical (unpaired) electrons. The molecule has 0 aliphatic rings. The Morgan fingerprint density at radius 3 is 2.38 bits per heavy atom. The highest BCUT2D eigenvalue weighted by atomic mass is 32.1. The molecule has 80 valence electrons. The van der Waals surface area contributed by atoms with Crippen molar-refractivity contribution in [2.24, 2.45) is 0 Å². The summed E-state index contributed by atoms with van der Waals surface area (Å²) in [4.78, 5) is 1.28. The second kappa shape index (κ2) is 4.05. The number of hydrogen-bond donors (Lipinski definition) is 1. The third-order valence-corrected chi connectivity index (χ3v) is 4.81. The van der Waals surface area contributed by atoms with Crippen LogP contribution < -0.4 is 5.73 Å². The van der Waals surface area contributed by atoms with Crippen LogP contribution in [0.1, 0.15) is 0 Å². The first kappa shape index (κ1) is 10.1. The molecule has 3 heterocycles. The largest absolute Gasteiger partial charge is 0.390 e. The fourth-order valence-corrected chi connectivity index (χ4v) is 4.00. The van der Waals surface area contributed by atoms with E-state index < -0.39 is 0 Å². The van der Waals surface area contributed by atoms with Crippen LogP contribution in [0.25, 0.3) is 21.6 Å². The molecule has 0 saturated carbocycles. The molecule has 3 aromatic heterocycles. The van der Waals surface area contributed by atoms with Gasteiger partial charge in [0.05, 0.1) is 5.00 Å². The van der Waals surface area contributed by atoms with E-state index in [1.807, 2.05) is 5.38 Å². The minimum absolute atomic E-state index is 0.902. The minimum atomic E-state index is 0.902. The SMILES string of the molecule is Nc1sccc1-c1sccc1-c1ccsc1. The summed E-state index contributed by atoms with van der Waals surface area (Å²) in [5, 5.41) is 9.35. The lowest BCUT2D eigenvalue weighted by molar-refractivity contribution is 1.79. The molecule has 3 rings (SSSR count). The van der Waals surface area contributed by atoms with E-state index in [-0.39, 0.29) is 0 Å². The van der Waals surface area contributed by atoms with Gasteiger partial charge in [-0.25, -0.2) is 0 Å².